The highest BCUT2D eigenvalue weighted by atomic mass is 32.2. The maximum atomic E-state index is 15.8. The molecule has 0 radical (unpaired) electrons. The molecule has 12 amide bonds. The van der Waals surface area contributed by atoms with Gasteiger partial charge in [0.25, 0.3) is 6.47 Å². The molecule has 138 heavy (non-hydrogen) atoms. The van der Waals surface area contributed by atoms with E-state index in [0.717, 1.165) is 26.5 Å². The van der Waals surface area contributed by atoms with Crippen LogP contribution < -0.4 is 37.6 Å². The molecule has 3 heterocycles. The van der Waals surface area contributed by atoms with Crippen LogP contribution in [0.1, 0.15) is 132 Å². The van der Waals surface area contributed by atoms with E-state index in [2.05, 4.69) is 41.9 Å². The van der Waals surface area contributed by atoms with E-state index in [1.807, 2.05) is 25.1 Å². The molecule has 35 nitrogen and oxygen atoms in total. The van der Waals surface area contributed by atoms with Crippen LogP contribution in [-0.2, 0) is 125 Å². The summed E-state index contributed by atoms with van der Waals surface area (Å²) in [5, 5.41) is 49.4. The Kier molecular flexibility index (Phi) is 40.8. The summed E-state index contributed by atoms with van der Waals surface area (Å²) in [4.78, 5) is 263. The normalized spacial score (nSPS) is 22.0. The fourth-order valence-electron chi connectivity index (χ4n) is 17.0. The number of carboxylic acids is 1. The number of nitrogens with zero attached hydrogens (tertiary/aromatic N) is 5. The number of phenolic OH excluding ortho intramolecular Hbond substituents is 2. The summed E-state index contributed by atoms with van der Waals surface area (Å²) in [5.74, 6) is -19.7. The number of aromatic amines is 2. The molecule has 0 saturated carbocycles. The summed E-state index contributed by atoms with van der Waals surface area (Å²) in [6.45, 7) is 6.94. The molecule has 0 spiro atoms. The first-order valence-corrected chi connectivity index (χ1v) is 47.5. The minimum atomic E-state index is -1.69. The van der Waals surface area contributed by atoms with E-state index in [-0.39, 0.29) is 81.0 Å². The van der Waals surface area contributed by atoms with Gasteiger partial charge in [-0.15, -0.1) is 11.8 Å². The number of hydrogen-bond donors (Lipinski definition) is 12. The average Bonchev–Trinajstić information content (AvgIpc) is 1.45. The summed E-state index contributed by atoms with van der Waals surface area (Å²) >= 11 is 0.869. The molecule has 1 aliphatic rings. The van der Waals surface area contributed by atoms with Gasteiger partial charge in [-0.25, -0.2) is 0 Å². The van der Waals surface area contributed by atoms with Crippen molar-refractivity contribution in [1.29, 1.82) is 0 Å². The molecule has 36 heteroatoms. The number of aliphatic carboxylic acids is 1. The van der Waals surface area contributed by atoms with Crippen molar-refractivity contribution >= 4 is 134 Å². The summed E-state index contributed by atoms with van der Waals surface area (Å²) in [6, 6.07) is 29.4. The number of carbonyl (C=O) groups excluding carboxylic acids is 16. The number of nitrogens with two attached hydrogens (primary N) is 1. The Bertz CT molecular complexity index is 5580. The number of hydrogen-bond acceptors (Lipinski definition) is 21. The lowest BCUT2D eigenvalue weighted by atomic mass is 9.84. The molecule has 738 valence electrons. The molecule has 2 aromatic heterocycles. The fraction of sp³-hybridized carbons (Fsp3) is 0.441. The highest BCUT2D eigenvalue weighted by Crippen LogP contribution is 2.30. The second-order valence-corrected chi connectivity index (χ2v) is 37.2. The predicted octanol–water partition coefficient (Wildman–Crippen LogP) is 6.40. The number of para-hydroxylation sites is 2. The molecule has 1 fully saturated rings. The number of ketones is 3. The van der Waals surface area contributed by atoms with Crippen LogP contribution >= 0.6 is 11.8 Å². The maximum absolute atomic E-state index is 15.8. The van der Waals surface area contributed by atoms with Crippen LogP contribution in [0.4, 0.5) is 0 Å². The molecule has 0 aliphatic carbocycles. The number of rotatable bonds is 28. The van der Waals surface area contributed by atoms with Crippen LogP contribution in [0.15, 0.2) is 170 Å². The Balaban J connectivity index is 1.14. The molecule has 0 unspecified atom stereocenters. The molecule has 12 atom stereocenters. The number of primary amides is 1. The maximum Gasteiger partial charge on any atom is 0.303 e. The Morgan fingerprint density at radius 3 is 1.54 bits per heavy atom. The number of nitrogens with one attached hydrogen (secondary N) is 8. The number of aromatic nitrogens is 2. The van der Waals surface area contributed by atoms with Crippen molar-refractivity contribution in [3.8, 4) is 11.5 Å². The van der Waals surface area contributed by atoms with E-state index in [0.29, 0.717) is 68.0 Å². The third-order valence-electron chi connectivity index (χ3n) is 25.0. The van der Waals surface area contributed by atoms with E-state index in [9.17, 15) is 48.9 Å². The lowest BCUT2D eigenvalue weighted by Crippen LogP contribution is -2.59. The van der Waals surface area contributed by atoms with E-state index in [1.165, 1.54) is 93.6 Å². The van der Waals surface area contributed by atoms with Crippen molar-refractivity contribution in [2.45, 2.75) is 192 Å². The van der Waals surface area contributed by atoms with Gasteiger partial charge < -0.3 is 92.2 Å². The summed E-state index contributed by atoms with van der Waals surface area (Å²) < 4.78 is 5.18. The van der Waals surface area contributed by atoms with Crippen molar-refractivity contribution in [3.63, 3.8) is 0 Å². The standard InChI is InChI=1S/C102H128N14O21S/c1-11-12-31-85-101(135)112(6)56-73(120)50-70(57-137-60-117)89(122)52-76(62(4)5)98(132)115(9)86(48-64-25-17-14-18-26-64)97(131)110-82(47-66-34-38-72(119)39-35-66)100(134)113(7)84(40-43-92(125)126)96(130)106-55-69(49-67-53-104-77-29-21-19-27-74(67)77)93(127)108-80(45-65-32-36-71(118)37-33-65)95(129)109-79(44-61(2)3)94(128)111-83(88(121)41-42-90(103)123)58-138-59-91(124)107-81(46-63-23-15-13-16-24-63)99(133)116(10)87(102(136)114(85)8)51-68-54-105-78-30-22-20-28-75(68)78/h13-30,32-39,53-54,60-62,69-70,76,79-87,104-105,118-119H,11-12,31,40-52,55-59H2,1-10H3,(H2,103,123)(H,106,130)(H,107,124)(H,108,127)(H,109,129)(H,110,131)(H,111,128)(H,125,126)/t69-,70+,76+,79+,80+,81+,82+,83+,84-,85+,86+,87+/m1/s1. The van der Waals surface area contributed by atoms with Crippen molar-refractivity contribution < 1.29 is 102 Å². The van der Waals surface area contributed by atoms with Crippen LogP contribution in [0.3, 0.4) is 0 Å². The molecular weight excluding hydrogens is 1790 g/mol. The predicted molar refractivity (Wildman–Crippen MR) is 518 cm³/mol. The van der Waals surface area contributed by atoms with Crippen molar-refractivity contribution in [2.24, 2.45) is 35.3 Å². The van der Waals surface area contributed by atoms with Crippen LogP contribution in [0, 0.1) is 29.6 Å². The molecule has 0 bridgehead atoms. The van der Waals surface area contributed by atoms with E-state index < -0.39 is 236 Å². The van der Waals surface area contributed by atoms with Crippen LogP contribution in [0.2, 0.25) is 0 Å². The number of fused-ring (bicyclic) bond motifs is 2. The number of amides is 12. The van der Waals surface area contributed by atoms with Gasteiger partial charge in [0.2, 0.25) is 70.9 Å². The number of carboxylic acid groups (broad SMARTS) is 1. The fourth-order valence-corrected chi connectivity index (χ4v) is 17.9. The number of unbranched alkanes of at least 4 members (excludes halogenated alkanes) is 1. The number of Topliss-reactive ketones (excluding diaryl/α,β-unsaturated/α-hetero) is 3. The third kappa shape index (κ3) is 31.2. The zero-order chi connectivity index (χ0) is 101. The van der Waals surface area contributed by atoms with Gasteiger partial charge in [0, 0.05) is 152 Å². The van der Waals surface area contributed by atoms with Gasteiger partial charge in [-0.1, -0.05) is 169 Å². The molecule has 8 aromatic rings. The van der Waals surface area contributed by atoms with Gasteiger partial charge in [-0.3, -0.25) is 81.5 Å². The quantitative estimate of drug-likeness (QED) is 0.0236. The van der Waals surface area contributed by atoms with E-state index >= 15 is 47.9 Å². The molecular formula is C102H128N14O21S. The molecule has 1 aliphatic heterocycles. The number of thioether (sulfide) groups is 1. The summed E-state index contributed by atoms with van der Waals surface area (Å²) in [7, 11) is 6.69. The molecule has 6 aromatic carbocycles. The monoisotopic (exact) mass is 1920 g/mol. The first-order valence-electron chi connectivity index (χ1n) is 46.4. The van der Waals surface area contributed by atoms with Gasteiger partial charge in [0.15, 0.2) is 11.6 Å². The zero-order valence-corrected chi connectivity index (χ0v) is 80.4. The third-order valence-corrected chi connectivity index (χ3v) is 26.1. The zero-order valence-electron chi connectivity index (χ0n) is 79.6. The van der Waals surface area contributed by atoms with Crippen molar-refractivity contribution in [2.75, 3.05) is 66.4 Å². The summed E-state index contributed by atoms with van der Waals surface area (Å²) in [6.07, 6.45) is -0.425. The van der Waals surface area contributed by atoms with Crippen LogP contribution in [-0.4, -0.2) is 271 Å². The number of likely N-dealkylation sites (N-methyl/N-ethyl adjacent to an activating group) is 5. The SMILES string of the molecule is CCCC[C@H]1C(=O)N(C)CC(=O)C[C@@H](COC=O)C(=O)C[C@@H](C(C)C)C(=O)N(C)[C@@H](Cc2ccccc2)C(=O)N[C@@H](Cc2ccc(O)cc2)C(=O)N(C)[C@H](CCC(=O)O)C(=O)NC[C@@H](Cc2c[nH]c3ccccc23)C(=O)N[C@@H](Cc2ccc(O)cc2)C(=O)N[C@@H](CC(C)C)C(=O)N[C@H](C(=O)CCC(N)=O)CSCC(=O)N[C@@H](Cc2ccccc2)C(=O)N(C)[C@@H](Cc2c[nH]c3ccccc23)C(=O)N1C. The Hall–Kier alpha value is -14.1. The van der Waals surface area contributed by atoms with Crippen LogP contribution in [0.25, 0.3) is 21.8 Å². The van der Waals surface area contributed by atoms with Gasteiger partial charge in [0.05, 0.1) is 30.2 Å². The first kappa shape index (κ1) is 108. The smallest absolute Gasteiger partial charge is 0.303 e. The minimum absolute atomic E-state index is 0.0568. The summed E-state index contributed by atoms with van der Waals surface area (Å²) in [5.41, 5.74) is 9.97. The van der Waals surface area contributed by atoms with Crippen LogP contribution in [0.5, 0.6) is 11.5 Å². The van der Waals surface area contributed by atoms with E-state index in [1.54, 1.807) is 131 Å². The molecule has 9 rings (SSSR count). The van der Waals surface area contributed by atoms with Crippen molar-refractivity contribution in [1.82, 2.24) is 66.4 Å². The van der Waals surface area contributed by atoms with Crippen molar-refractivity contribution in [3.05, 3.63) is 203 Å². The van der Waals surface area contributed by atoms with Gasteiger partial charge >= 0.3 is 5.97 Å². The first-order chi connectivity index (χ1) is 65.8. The second-order valence-electron chi connectivity index (χ2n) is 36.2. The highest BCUT2D eigenvalue weighted by molar-refractivity contribution is 8.00. The highest BCUT2D eigenvalue weighted by Gasteiger charge is 2.43. The second kappa shape index (κ2) is 52.3. The van der Waals surface area contributed by atoms with Gasteiger partial charge in [-0.2, -0.15) is 0 Å². The number of benzene rings is 6. The van der Waals surface area contributed by atoms with Gasteiger partial charge in [0.1, 0.15) is 72.2 Å². The number of H-pyrrole nitrogens is 2. The number of carbonyl (C=O) groups is 17. The Morgan fingerprint density at radius 1 is 0.493 bits per heavy atom. The Morgan fingerprint density at radius 2 is 0.993 bits per heavy atom. The molecule has 1 saturated heterocycles. The molecule has 13 N–H and O–H groups in total. The minimum Gasteiger partial charge on any atom is -0.508 e. The lowest BCUT2D eigenvalue weighted by molar-refractivity contribution is -0.151. The number of ether oxygens (including phenoxy) is 1. The van der Waals surface area contributed by atoms with Gasteiger partial charge in [-0.05, 0) is 107 Å². The number of aromatic hydroxyl groups is 2. The largest absolute Gasteiger partial charge is 0.508 e. The van der Waals surface area contributed by atoms with E-state index in [4.69, 9.17) is 10.5 Å². The topological polar surface area (TPSA) is 506 Å². The lowest BCUT2D eigenvalue weighted by Gasteiger charge is -2.37. The Labute approximate surface area is 806 Å². The average molecular weight is 1920 g/mol. The number of phenols is 2.